The number of pyridine rings is 2. The Balaban J connectivity index is 1.55. The van der Waals surface area contributed by atoms with Gasteiger partial charge >= 0.3 is 0 Å². The maximum Gasteiger partial charge on any atom is 0.280 e. The number of hydrogen-bond acceptors (Lipinski definition) is 4. The van der Waals surface area contributed by atoms with Gasteiger partial charge in [0.1, 0.15) is 11.6 Å². The van der Waals surface area contributed by atoms with Gasteiger partial charge in [0.25, 0.3) is 5.56 Å². The first kappa shape index (κ1) is 17.2. The minimum atomic E-state index is -0.737. The van der Waals surface area contributed by atoms with Gasteiger partial charge in [-0.15, -0.1) is 0 Å². The average Bonchev–Trinajstić information content (AvgIpc) is 3.20. The van der Waals surface area contributed by atoms with Gasteiger partial charge in [-0.1, -0.05) is 6.07 Å². The lowest BCUT2D eigenvalue weighted by Crippen LogP contribution is -2.23. The molecule has 5 rings (SSSR count). The molecule has 5 aromatic rings. The molecule has 0 radical (unpaired) electrons. The Labute approximate surface area is 162 Å². The average molecular weight is 389 g/mol. The van der Waals surface area contributed by atoms with Crippen LogP contribution in [0, 0.1) is 11.6 Å². The smallest absolute Gasteiger partial charge is 0.280 e. The highest BCUT2D eigenvalue weighted by atomic mass is 19.1. The Bertz CT molecular complexity index is 1420. The summed E-state index contributed by atoms with van der Waals surface area (Å²) in [5.41, 5.74) is 1.84. The van der Waals surface area contributed by atoms with Crippen molar-refractivity contribution in [2.45, 2.75) is 6.54 Å². The van der Waals surface area contributed by atoms with Crippen LogP contribution >= 0.6 is 0 Å². The highest BCUT2D eigenvalue weighted by molar-refractivity contribution is 5.72. The molecule has 0 aliphatic carbocycles. The van der Waals surface area contributed by atoms with E-state index in [9.17, 15) is 13.6 Å². The van der Waals surface area contributed by atoms with Crippen molar-refractivity contribution < 1.29 is 8.78 Å². The van der Waals surface area contributed by atoms with Gasteiger partial charge in [-0.25, -0.2) is 23.7 Å². The van der Waals surface area contributed by atoms with Crippen LogP contribution in [-0.2, 0) is 6.54 Å². The molecule has 0 atom stereocenters. The van der Waals surface area contributed by atoms with Gasteiger partial charge in [-0.2, -0.15) is 0 Å². The molecular weight excluding hydrogens is 376 g/mol. The van der Waals surface area contributed by atoms with Gasteiger partial charge < -0.3 is 4.40 Å². The van der Waals surface area contributed by atoms with E-state index >= 15 is 0 Å². The largest absolute Gasteiger partial charge is 0.306 e. The van der Waals surface area contributed by atoms with Crippen LogP contribution in [0.3, 0.4) is 0 Å². The standard InChI is InChI=1S/C21H13F2N5O/c22-17-6-14(13-3-4-15-8-24-11-27(15)9-13)7-18(23)16(17)10-28-12-26-19-2-1-5-25-20(19)21(28)29/h1-9,11-12H,10H2. The molecule has 1 aromatic carbocycles. The van der Waals surface area contributed by atoms with Crippen LogP contribution in [0.2, 0.25) is 0 Å². The van der Waals surface area contributed by atoms with Crippen molar-refractivity contribution in [2.75, 3.05) is 0 Å². The number of hydrogen-bond donors (Lipinski definition) is 0. The third kappa shape index (κ3) is 2.94. The Morgan fingerprint density at radius 1 is 0.966 bits per heavy atom. The second-order valence-corrected chi connectivity index (χ2v) is 6.61. The highest BCUT2D eigenvalue weighted by Crippen LogP contribution is 2.25. The summed E-state index contributed by atoms with van der Waals surface area (Å²) in [5, 5.41) is 0. The molecule has 8 heteroatoms. The van der Waals surface area contributed by atoms with Crippen LogP contribution < -0.4 is 5.56 Å². The van der Waals surface area contributed by atoms with Crippen LogP contribution in [0.25, 0.3) is 27.7 Å². The number of imidazole rings is 1. The zero-order valence-electron chi connectivity index (χ0n) is 15.0. The predicted molar refractivity (Wildman–Crippen MR) is 103 cm³/mol. The van der Waals surface area contributed by atoms with E-state index in [-0.39, 0.29) is 17.6 Å². The van der Waals surface area contributed by atoms with E-state index in [2.05, 4.69) is 15.0 Å². The summed E-state index contributed by atoms with van der Waals surface area (Å²) in [6, 6.07) is 9.43. The molecule has 0 bridgehead atoms. The first-order valence-corrected chi connectivity index (χ1v) is 8.80. The molecule has 4 heterocycles. The van der Waals surface area contributed by atoms with E-state index in [4.69, 9.17) is 0 Å². The predicted octanol–water partition coefficient (Wildman–Crippen LogP) is 3.43. The second kappa shape index (κ2) is 6.59. The lowest BCUT2D eigenvalue weighted by atomic mass is 10.0. The molecule has 0 aliphatic heterocycles. The third-order valence-corrected chi connectivity index (χ3v) is 4.80. The number of benzene rings is 1. The quantitative estimate of drug-likeness (QED) is 0.474. The van der Waals surface area contributed by atoms with Crippen LogP contribution in [0.1, 0.15) is 5.56 Å². The maximum atomic E-state index is 14.8. The monoisotopic (exact) mass is 389 g/mol. The Kier molecular flexibility index (Phi) is 3.90. The van der Waals surface area contributed by atoms with E-state index in [1.165, 1.54) is 24.7 Å². The van der Waals surface area contributed by atoms with Crippen LogP contribution in [0.4, 0.5) is 8.78 Å². The van der Waals surface area contributed by atoms with Gasteiger partial charge in [0.05, 0.1) is 36.4 Å². The summed E-state index contributed by atoms with van der Waals surface area (Å²) >= 11 is 0. The molecule has 0 fully saturated rings. The summed E-state index contributed by atoms with van der Waals surface area (Å²) in [5.74, 6) is -1.47. The Morgan fingerprint density at radius 2 is 1.79 bits per heavy atom. The summed E-state index contributed by atoms with van der Waals surface area (Å²) in [4.78, 5) is 24.7. The van der Waals surface area contributed by atoms with Gasteiger partial charge in [0.2, 0.25) is 0 Å². The topological polar surface area (TPSA) is 65.1 Å². The summed E-state index contributed by atoms with van der Waals surface area (Å²) < 4.78 is 32.5. The zero-order valence-corrected chi connectivity index (χ0v) is 15.0. The fraction of sp³-hybridized carbons (Fsp3) is 0.0476. The first-order chi connectivity index (χ1) is 14.1. The number of aromatic nitrogens is 5. The van der Waals surface area contributed by atoms with Crippen LogP contribution in [0.15, 0.2) is 72.4 Å². The normalized spacial score (nSPS) is 11.4. The molecule has 0 aliphatic rings. The van der Waals surface area contributed by atoms with Crippen LogP contribution in [0.5, 0.6) is 0 Å². The zero-order chi connectivity index (χ0) is 20.0. The lowest BCUT2D eigenvalue weighted by molar-refractivity contribution is 0.541. The van der Waals surface area contributed by atoms with E-state index in [0.29, 0.717) is 16.6 Å². The molecule has 0 saturated heterocycles. The molecule has 0 unspecified atom stereocenters. The number of halogens is 2. The number of nitrogens with zero attached hydrogens (tertiary/aromatic N) is 5. The van der Waals surface area contributed by atoms with Crippen molar-refractivity contribution in [1.82, 2.24) is 23.9 Å². The van der Waals surface area contributed by atoms with E-state index in [1.807, 2.05) is 6.07 Å². The van der Waals surface area contributed by atoms with Gasteiger partial charge in [0.15, 0.2) is 5.52 Å². The maximum absolute atomic E-state index is 14.8. The molecule has 142 valence electrons. The summed E-state index contributed by atoms with van der Waals surface area (Å²) in [6.07, 6.45) is 7.81. The third-order valence-electron chi connectivity index (χ3n) is 4.80. The Hall–Kier alpha value is -3.94. The number of rotatable bonds is 3. The number of fused-ring (bicyclic) bond motifs is 2. The molecule has 0 saturated carbocycles. The van der Waals surface area contributed by atoms with Gasteiger partial charge in [-0.3, -0.25) is 9.36 Å². The fourth-order valence-electron chi connectivity index (χ4n) is 3.28. The van der Waals surface area contributed by atoms with E-state index < -0.39 is 17.2 Å². The van der Waals surface area contributed by atoms with Crippen molar-refractivity contribution >= 4 is 16.6 Å². The fourth-order valence-corrected chi connectivity index (χ4v) is 3.28. The van der Waals surface area contributed by atoms with Crippen molar-refractivity contribution in [3.8, 4) is 11.1 Å². The van der Waals surface area contributed by atoms with Crippen molar-refractivity contribution in [3.63, 3.8) is 0 Å². The van der Waals surface area contributed by atoms with Crippen molar-refractivity contribution in [3.05, 3.63) is 95.2 Å². The van der Waals surface area contributed by atoms with Gasteiger partial charge in [0, 0.05) is 18.0 Å². The van der Waals surface area contributed by atoms with Gasteiger partial charge in [-0.05, 0) is 41.5 Å². The molecular formula is C21H13F2N5O. The van der Waals surface area contributed by atoms with Crippen LogP contribution in [-0.4, -0.2) is 23.9 Å². The van der Waals surface area contributed by atoms with E-state index in [0.717, 1.165) is 10.1 Å². The SMILES string of the molecule is O=c1c2ncccc2ncn1Cc1c(F)cc(-c2ccc3cncn3c2)cc1F. The molecule has 29 heavy (non-hydrogen) atoms. The molecule has 0 amide bonds. The Morgan fingerprint density at radius 3 is 2.62 bits per heavy atom. The molecule has 6 nitrogen and oxygen atoms in total. The lowest BCUT2D eigenvalue weighted by Gasteiger charge is -2.11. The van der Waals surface area contributed by atoms with Crippen molar-refractivity contribution in [1.29, 1.82) is 0 Å². The first-order valence-electron chi connectivity index (χ1n) is 8.80. The summed E-state index contributed by atoms with van der Waals surface area (Å²) in [6.45, 7) is -0.281. The van der Waals surface area contributed by atoms with E-state index in [1.54, 1.807) is 41.3 Å². The molecule has 4 aromatic heterocycles. The minimum Gasteiger partial charge on any atom is -0.306 e. The summed E-state index contributed by atoms with van der Waals surface area (Å²) in [7, 11) is 0. The molecule has 0 N–H and O–H groups in total. The second-order valence-electron chi connectivity index (χ2n) is 6.61. The highest BCUT2D eigenvalue weighted by Gasteiger charge is 2.15. The van der Waals surface area contributed by atoms with Crippen molar-refractivity contribution in [2.24, 2.45) is 0 Å². The minimum absolute atomic E-state index is 0.154. The molecule has 0 spiro atoms.